The third-order valence-corrected chi connectivity index (χ3v) is 8.42. The summed E-state index contributed by atoms with van der Waals surface area (Å²) in [5.41, 5.74) is 2.37. The maximum absolute atomic E-state index is 13.8. The number of benzene rings is 3. The van der Waals surface area contributed by atoms with E-state index in [-0.39, 0.29) is 23.0 Å². The number of carbonyl (C=O) groups is 1. The van der Waals surface area contributed by atoms with Gasteiger partial charge in [-0.2, -0.15) is 0 Å². The van der Waals surface area contributed by atoms with E-state index in [0.717, 1.165) is 15.6 Å². The number of carbonyl (C=O) groups excluding carboxylic acids is 1. The third-order valence-electron chi connectivity index (χ3n) is 6.41. The van der Waals surface area contributed by atoms with Crippen LogP contribution >= 0.6 is 11.6 Å². The summed E-state index contributed by atoms with van der Waals surface area (Å²) >= 11 is 6.20. The monoisotopic (exact) mass is 543 g/mol. The SMILES string of the molecule is COc1ccc(OC)c(N(CC(=O)N2CCN(c3cc(Cl)ccc3C)CC2)S(=O)(=O)c2ccccc2)c1. The number of amides is 1. The van der Waals surface area contributed by atoms with Gasteiger partial charge in [0.25, 0.3) is 10.0 Å². The summed E-state index contributed by atoms with van der Waals surface area (Å²) in [7, 11) is -1.13. The summed E-state index contributed by atoms with van der Waals surface area (Å²) in [6.07, 6.45) is 0. The number of hydrogen-bond acceptors (Lipinski definition) is 6. The van der Waals surface area contributed by atoms with Crippen LogP contribution in [0.2, 0.25) is 5.02 Å². The molecule has 0 unspecified atom stereocenters. The van der Waals surface area contributed by atoms with Gasteiger partial charge in [0.05, 0.1) is 24.8 Å². The normalized spacial score (nSPS) is 13.8. The minimum atomic E-state index is -4.08. The lowest BCUT2D eigenvalue weighted by Crippen LogP contribution is -2.52. The molecule has 10 heteroatoms. The van der Waals surface area contributed by atoms with E-state index < -0.39 is 10.0 Å². The zero-order chi connectivity index (χ0) is 26.6. The lowest BCUT2D eigenvalue weighted by molar-refractivity contribution is -0.129. The van der Waals surface area contributed by atoms with Crippen molar-refractivity contribution in [2.24, 2.45) is 0 Å². The molecule has 0 aliphatic carbocycles. The fraction of sp³-hybridized carbons (Fsp3) is 0.296. The van der Waals surface area contributed by atoms with Gasteiger partial charge < -0.3 is 19.3 Å². The molecule has 1 heterocycles. The quantitative estimate of drug-likeness (QED) is 0.423. The van der Waals surface area contributed by atoms with Crippen LogP contribution in [0.15, 0.2) is 71.6 Å². The Bertz CT molecular complexity index is 1360. The average molecular weight is 544 g/mol. The van der Waals surface area contributed by atoms with Crippen LogP contribution in [0, 0.1) is 6.92 Å². The topological polar surface area (TPSA) is 79.4 Å². The number of nitrogens with zero attached hydrogens (tertiary/aromatic N) is 3. The molecule has 1 amide bonds. The Morgan fingerprint density at radius 3 is 2.30 bits per heavy atom. The second kappa shape index (κ2) is 11.3. The zero-order valence-electron chi connectivity index (χ0n) is 21.1. The molecule has 1 saturated heterocycles. The number of ether oxygens (including phenoxy) is 2. The average Bonchev–Trinajstić information content (AvgIpc) is 2.93. The molecule has 3 aromatic carbocycles. The molecule has 0 atom stereocenters. The number of anilines is 2. The molecular formula is C27H30ClN3O5S. The maximum atomic E-state index is 13.8. The molecular weight excluding hydrogens is 514 g/mol. The van der Waals surface area contributed by atoms with Gasteiger partial charge >= 0.3 is 0 Å². The summed E-state index contributed by atoms with van der Waals surface area (Å²) in [4.78, 5) is 17.4. The van der Waals surface area contributed by atoms with E-state index in [1.807, 2.05) is 25.1 Å². The molecule has 3 aromatic rings. The molecule has 0 spiro atoms. The number of aryl methyl sites for hydroxylation is 1. The molecule has 37 heavy (non-hydrogen) atoms. The van der Waals surface area contributed by atoms with Gasteiger partial charge in [-0.05, 0) is 48.9 Å². The molecule has 0 bridgehead atoms. The van der Waals surface area contributed by atoms with Crippen molar-refractivity contribution in [1.82, 2.24) is 4.90 Å². The minimum Gasteiger partial charge on any atom is -0.497 e. The molecule has 0 aromatic heterocycles. The number of rotatable bonds is 8. The summed E-state index contributed by atoms with van der Waals surface area (Å²) in [6, 6.07) is 18.7. The third kappa shape index (κ3) is 5.78. The van der Waals surface area contributed by atoms with E-state index in [0.29, 0.717) is 42.7 Å². The lowest BCUT2D eigenvalue weighted by atomic mass is 10.1. The van der Waals surface area contributed by atoms with Crippen LogP contribution in [0.4, 0.5) is 11.4 Å². The summed E-state index contributed by atoms with van der Waals surface area (Å²) in [5, 5.41) is 0.660. The maximum Gasteiger partial charge on any atom is 0.264 e. The van der Waals surface area contributed by atoms with Gasteiger partial charge in [-0.3, -0.25) is 9.10 Å². The van der Waals surface area contributed by atoms with E-state index in [1.54, 1.807) is 41.3 Å². The number of sulfonamides is 1. The highest BCUT2D eigenvalue weighted by Crippen LogP contribution is 2.36. The molecule has 1 aliphatic heterocycles. The number of halogens is 1. The van der Waals surface area contributed by atoms with E-state index in [1.165, 1.54) is 26.4 Å². The van der Waals surface area contributed by atoms with Crippen LogP contribution < -0.4 is 18.7 Å². The van der Waals surface area contributed by atoms with Gasteiger partial charge in [-0.1, -0.05) is 35.9 Å². The Morgan fingerprint density at radius 2 is 1.65 bits per heavy atom. The molecule has 0 N–H and O–H groups in total. The predicted molar refractivity (Wildman–Crippen MR) is 146 cm³/mol. The molecule has 0 saturated carbocycles. The Balaban J connectivity index is 1.60. The first-order chi connectivity index (χ1) is 17.7. The van der Waals surface area contributed by atoms with Crippen LogP contribution in [0.5, 0.6) is 11.5 Å². The van der Waals surface area contributed by atoms with Gasteiger partial charge in [-0.15, -0.1) is 0 Å². The van der Waals surface area contributed by atoms with Crippen LogP contribution in [-0.2, 0) is 14.8 Å². The largest absolute Gasteiger partial charge is 0.497 e. The van der Waals surface area contributed by atoms with E-state index in [9.17, 15) is 13.2 Å². The van der Waals surface area contributed by atoms with E-state index >= 15 is 0 Å². The van der Waals surface area contributed by atoms with Crippen molar-refractivity contribution in [2.75, 3.05) is 56.1 Å². The highest BCUT2D eigenvalue weighted by atomic mass is 35.5. The first-order valence-corrected chi connectivity index (χ1v) is 13.6. The van der Waals surface area contributed by atoms with Crippen LogP contribution in [0.25, 0.3) is 0 Å². The van der Waals surface area contributed by atoms with Crippen molar-refractivity contribution in [2.45, 2.75) is 11.8 Å². The zero-order valence-corrected chi connectivity index (χ0v) is 22.6. The van der Waals surface area contributed by atoms with Crippen molar-refractivity contribution in [3.8, 4) is 11.5 Å². The standard InChI is InChI=1S/C27H30ClN3O5S/c1-20-9-10-21(28)17-24(20)29-13-15-30(16-14-29)27(32)19-31(37(33,34)23-7-5-4-6-8-23)25-18-22(35-2)11-12-26(25)36-3/h4-12,17-18H,13-16,19H2,1-3H3. The molecule has 1 aliphatic rings. The first kappa shape index (κ1) is 26.6. The minimum absolute atomic E-state index is 0.0777. The van der Waals surface area contributed by atoms with Gasteiger partial charge in [0.2, 0.25) is 5.91 Å². The summed E-state index contributed by atoms with van der Waals surface area (Å²) in [5.74, 6) is 0.461. The van der Waals surface area contributed by atoms with E-state index in [4.69, 9.17) is 21.1 Å². The van der Waals surface area contributed by atoms with Crippen LogP contribution in [-0.4, -0.2) is 66.2 Å². The fourth-order valence-electron chi connectivity index (χ4n) is 4.35. The van der Waals surface area contributed by atoms with Gasteiger partial charge in [0, 0.05) is 43.0 Å². The van der Waals surface area contributed by atoms with Crippen molar-refractivity contribution in [3.63, 3.8) is 0 Å². The second-order valence-electron chi connectivity index (χ2n) is 8.66. The van der Waals surface area contributed by atoms with Crippen molar-refractivity contribution >= 4 is 38.9 Å². The molecule has 8 nitrogen and oxygen atoms in total. The highest BCUT2D eigenvalue weighted by molar-refractivity contribution is 7.92. The van der Waals surface area contributed by atoms with Crippen LogP contribution in [0.3, 0.4) is 0 Å². The molecule has 196 valence electrons. The summed E-state index contributed by atoms with van der Waals surface area (Å²) in [6.45, 7) is 3.79. The Hall–Kier alpha value is -3.43. The molecule has 1 fully saturated rings. The summed E-state index contributed by atoms with van der Waals surface area (Å²) < 4.78 is 39.4. The lowest BCUT2D eigenvalue weighted by Gasteiger charge is -2.38. The number of hydrogen-bond donors (Lipinski definition) is 0. The van der Waals surface area contributed by atoms with Gasteiger partial charge in [-0.25, -0.2) is 8.42 Å². The molecule has 4 rings (SSSR count). The van der Waals surface area contributed by atoms with Crippen molar-refractivity contribution < 1.29 is 22.7 Å². The number of piperazine rings is 1. The Labute approximate surface area is 223 Å². The first-order valence-electron chi connectivity index (χ1n) is 11.8. The fourth-order valence-corrected chi connectivity index (χ4v) is 5.96. The van der Waals surface area contributed by atoms with Gasteiger partial charge in [0.15, 0.2) is 0 Å². The van der Waals surface area contributed by atoms with E-state index in [2.05, 4.69) is 4.90 Å². The predicted octanol–water partition coefficient (Wildman–Crippen LogP) is 4.21. The Kier molecular flexibility index (Phi) is 8.14. The Morgan fingerprint density at radius 1 is 0.946 bits per heavy atom. The van der Waals surface area contributed by atoms with Crippen molar-refractivity contribution in [3.05, 3.63) is 77.3 Å². The number of methoxy groups -OCH3 is 2. The van der Waals surface area contributed by atoms with Crippen LogP contribution in [0.1, 0.15) is 5.56 Å². The van der Waals surface area contributed by atoms with Crippen molar-refractivity contribution in [1.29, 1.82) is 0 Å². The highest BCUT2D eigenvalue weighted by Gasteiger charge is 2.32. The second-order valence-corrected chi connectivity index (χ2v) is 11.0. The molecule has 0 radical (unpaired) electrons. The van der Waals surface area contributed by atoms with Gasteiger partial charge in [0.1, 0.15) is 18.0 Å². The smallest absolute Gasteiger partial charge is 0.264 e.